The van der Waals surface area contributed by atoms with Crippen molar-refractivity contribution in [3.8, 4) is 0 Å². The third-order valence-corrected chi connectivity index (χ3v) is 6.06. The zero-order valence-electron chi connectivity index (χ0n) is 20.8. The predicted molar refractivity (Wildman–Crippen MR) is 138 cm³/mol. The molecule has 9 nitrogen and oxygen atoms in total. The van der Waals surface area contributed by atoms with E-state index in [4.69, 9.17) is 4.74 Å². The maximum Gasteiger partial charge on any atom is 0.323 e. The van der Waals surface area contributed by atoms with Crippen LogP contribution in [0.4, 0.5) is 16.2 Å². The molecule has 2 aromatic rings. The van der Waals surface area contributed by atoms with E-state index in [2.05, 4.69) is 16.0 Å². The number of carbonyl (C=O) groups excluding carboxylic acids is 4. The lowest BCUT2D eigenvalue weighted by Crippen LogP contribution is -2.49. The Kier molecular flexibility index (Phi) is 9.85. The van der Waals surface area contributed by atoms with Crippen LogP contribution < -0.4 is 16.0 Å². The van der Waals surface area contributed by atoms with E-state index in [-0.39, 0.29) is 49.2 Å². The van der Waals surface area contributed by atoms with Crippen molar-refractivity contribution in [3.63, 3.8) is 0 Å². The normalized spacial score (nSPS) is 15.1. The quantitative estimate of drug-likeness (QED) is 0.460. The maximum absolute atomic E-state index is 12.7. The number of para-hydroxylation sites is 1. The SMILES string of the molecule is CCOC(=O)CC1CCCCN1C(=O)CNC(=O)Cc1ccc(NC(=O)Nc2ccccc2C)cc1. The Morgan fingerprint density at radius 1 is 1.00 bits per heavy atom. The second-order valence-electron chi connectivity index (χ2n) is 8.79. The number of aryl methyl sites for hydroxylation is 1. The van der Waals surface area contributed by atoms with Crippen molar-refractivity contribution in [3.05, 3.63) is 59.7 Å². The number of likely N-dealkylation sites (tertiary alicyclic amines) is 1. The topological polar surface area (TPSA) is 117 Å². The van der Waals surface area contributed by atoms with Crippen LogP contribution in [-0.4, -0.2) is 54.5 Å². The van der Waals surface area contributed by atoms with Gasteiger partial charge in [0.1, 0.15) is 0 Å². The van der Waals surface area contributed by atoms with Gasteiger partial charge in [-0.15, -0.1) is 0 Å². The number of hydrogen-bond donors (Lipinski definition) is 3. The molecule has 1 unspecified atom stereocenters. The highest BCUT2D eigenvalue weighted by atomic mass is 16.5. The van der Waals surface area contributed by atoms with E-state index in [1.165, 1.54) is 0 Å². The minimum atomic E-state index is -0.354. The number of ether oxygens (including phenoxy) is 1. The number of anilines is 2. The summed E-state index contributed by atoms with van der Waals surface area (Å²) in [5, 5.41) is 8.25. The molecule has 3 N–H and O–H groups in total. The third-order valence-electron chi connectivity index (χ3n) is 6.06. The standard InChI is InChI=1S/C27H34N4O5/c1-3-36-26(34)17-22-9-6-7-15-31(22)25(33)18-28-24(32)16-20-11-13-21(14-12-20)29-27(35)30-23-10-5-4-8-19(23)2/h4-5,8,10-14,22H,3,6-7,9,15-18H2,1-2H3,(H,28,32)(H2,29,30,35). The maximum atomic E-state index is 12.7. The minimum absolute atomic E-state index is 0.106. The van der Waals surface area contributed by atoms with Crippen molar-refractivity contribution in [2.24, 2.45) is 0 Å². The van der Waals surface area contributed by atoms with Gasteiger partial charge < -0.3 is 25.6 Å². The highest BCUT2D eigenvalue weighted by molar-refractivity contribution is 6.00. The van der Waals surface area contributed by atoms with Crippen LogP contribution in [-0.2, 0) is 25.5 Å². The summed E-state index contributed by atoms with van der Waals surface area (Å²) in [5.41, 5.74) is 3.04. The Bertz CT molecular complexity index is 1070. The molecule has 4 amide bonds. The molecule has 36 heavy (non-hydrogen) atoms. The molecule has 0 aliphatic carbocycles. The van der Waals surface area contributed by atoms with E-state index in [1.54, 1.807) is 36.1 Å². The summed E-state index contributed by atoms with van der Waals surface area (Å²) >= 11 is 0. The number of urea groups is 1. The highest BCUT2D eigenvalue weighted by Crippen LogP contribution is 2.20. The Labute approximate surface area is 211 Å². The minimum Gasteiger partial charge on any atom is -0.466 e. The van der Waals surface area contributed by atoms with Gasteiger partial charge in [0.15, 0.2) is 0 Å². The monoisotopic (exact) mass is 494 g/mol. The van der Waals surface area contributed by atoms with Gasteiger partial charge in [-0.25, -0.2) is 4.79 Å². The number of carbonyl (C=O) groups is 4. The summed E-state index contributed by atoms with van der Waals surface area (Å²) in [5.74, 6) is -0.784. The molecule has 0 bridgehead atoms. The number of rotatable bonds is 9. The van der Waals surface area contributed by atoms with Crippen molar-refractivity contribution in [1.82, 2.24) is 10.2 Å². The summed E-state index contributed by atoms with van der Waals surface area (Å²) in [6.07, 6.45) is 2.87. The molecule has 1 saturated heterocycles. The van der Waals surface area contributed by atoms with Gasteiger partial charge in [-0.1, -0.05) is 30.3 Å². The zero-order chi connectivity index (χ0) is 25.9. The van der Waals surface area contributed by atoms with Gasteiger partial charge in [0, 0.05) is 24.0 Å². The van der Waals surface area contributed by atoms with Crippen molar-refractivity contribution in [1.29, 1.82) is 0 Å². The van der Waals surface area contributed by atoms with E-state index in [1.807, 2.05) is 31.2 Å². The second kappa shape index (κ2) is 13.3. The zero-order valence-corrected chi connectivity index (χ0v) is 20.8. The Balaban J connectivity index is 1.44. The first-order valence-electron chi connectivity index (χ1n) is 12.3. The first-order chi connectivity index (χ1) is 17.4. The van der Waals surface area contributed by atoms with Gasteiger partial charge in [-0.05, 0) is 62.4 Å². The molecular formula is C27H34N4O5. The van der Waals surface area contributed by atoms with Crippen LogP contribution in [0, 0.1) is 6.92 Å². The largest absolute Gasteiger partial charge is 0.466 e. The number of nitrogens with one attached hydrogen (secondary N) is 3. The van der Waals surface area contributed by atoms with Crippen LogP contribution >= 0.6 is 0 Å². The van der Waals surface area contributed by atoms with Crippen LogP contribution in [0.2, 0.25) is 0 Å². The van der Waals surface area contributed by atoms with Gasteiger partial charge in [0.2, 0.25) is 11.8 Å². The van der Waals surface area contributed by atoms with E-state index in [9.17, 15) is 19.2 Å². The molecule has 192 valence electrons. The molecule has 1 aliphatic rings. The number of esters is 1. The van der Waals surface area contributed by atoms with Crippen LogP contribution in [0.25, 0.3) is 0 Å². The summed E-state index contributed by atoms with van der Waals surface area (Å²) in [6.45, 7) is 4.44. The molecule has 9 heteroatoms. The van der Waals surface area contributed by atoms with E-state index < -0.39 is 0 Å². The first kappa shape index (κ1) is 26.7. The van der Waals surface area contributed by atoms with Gasteiger partial charge in [-0.2, -0.15) is 0 Å². The molecule has 1 heterocycles. The van der Waals surface area contributed by atoms with Gasteiger partial charge in [0.25, 0.3) is 0 Å². The Morgan fingerprint density at radius 3 is 2.47 bits per heavy atom. The van der Waals surface area contributed by atoms with E-state index >= 15 is 0 Å². The molecule has 0 saturated carbocycles. The summed E-state index contributed by atoms with van der Waals surface area (Å²) in [4.78, 5) is 50.9. The van der Waals surface area contributed by atoms with Crippen LogP contribution in [0.5, 0.6) is 0 Å². The lowest BCUT2D eigenvalue weighted by atomic mass is 9.99. The fourth-order valence-corrected chi connectivity index (χ4v) is 4.18. The summed E-state index contributed by atoms with van der Waals surface area (Å²) in [7, 11) is 0. The van der Waals surface area contributed by atoms with E-state index in [0.717, 1.165) is 36.1 Å². The molecule has 0 radical (unpaired) electrons. The average Bonchev–Trinajstić information content (AvgIpc) is 2.85. The van der Waals surface area contributed by atoms with Crippen molar-refractivity contribution < 1.29 is 23.9 Å². The molecular weight excluding hydrogens is 460 g/mol. The molecule has 2 aromatic carbocycles. The van der Waals surface area contributed by atoms with Crippen molar-refractivity contribution >= 4 is 35.2 Å². The van der Waals surface area contributed by atoms with Crippen LogP contribution in [0.1, 0.15) is 43.7 Å². The number of benzene rings is 2. The van der Waals surface area contributed by atoms with Crippen LogP contribution in [0.15, 0.2) is 48.5 Å². The third kappa shape index (κ3) is 8.11. The first-order valence-corrected chi connectivity index (χ1v) is 12.3. The molecule has 0 aromatic heterocycles. The second-order valence-corrected chi connectivity index (χ2v) is 8.79. The molecule has 1 fully saturated rings. The Morgan fingerprint density at radius 2 is 1.75 bits per heavy atom. The fraction of sp³-hybridized carbons (Fsp3) is 0.407. The smallest absolute Gasteiger partial charge is 0.323 e. The summed E-state index contributed by atoms with van der Waals surface area (Å²) < 4.78 is 5.02. The Hall–Kier alpha value is -3.88. The molecule has 1 atom stereocenters. The molecule has 1 aliphatic heterocycles. The lowest BCUT2D eigenvalue weighted by Gasteiger charge is -2.35. The van der Waals surface area contributed by atoms with E-state index in [0.29, 0.717) is 18.8 Å². The fourth-order valence-electron chi connectivity index (χ4n) is 4.18. The van der Waals surface area contributed by atoms with Gasteiger partial charge in [-0.3, -0.25) is 14.4 Å². The lowest BCUT2D eigenvalue weighted by molar-refractivity contribution is -0.146. The van der Waals surface area contributed by atoms with Crippen LogP contribution in [0.3, 0.4) is 0 Å². The molecule has 0 spiro atoms. The van der Waals surface area contributed by atoms with Gasteiger partial charge in [0.05, 0.1) is 26.0 Å². The number of amides is 4. The summed E-state index contributed by atoms with van der Waals surface area (Å²) in [6, 6.07) is 13.9. The number of piperidine rings is 1. The number of hydrogen-bond acceptors (Lipinski definition) is 5. The highest BCUT2D eigenvalue weighted by Gasteiger charge is 2.29. The van der Waals surface area contributed by atoms with Gasteiger partial charge >= 0.3 is 12.0 Å². The number of nitrogens with zero attached hydrogens (tertiary/aromatic N) is 1. The van der Waals surface area contributed by atoms with Crippen molar-refractivity contribution in [2.75, 3.05) is 30.3 Å². The molecule has 3 rings (SSSR count). The average molecular weight is 495 g/mol. The van der Waals surface area contributed by atoms with Crippen molar-refractivity contribution in [2.45, 2.75) is 52.0 Å². The predicted octanol–water partition coefficient (Wildman–Crippen LogP) is 3.63.